The number of aliphatic carboxylic acids is 1. The van der Waals surface area contributed by atoms with E-state index in [2.05, 4.69) is 5.32 Å². The van der Waals surface area contributed by atoms with Gasteiger partial charge in [0.15, 0.2) is 0 Å². The van der Waals surface area contributed by atoms with Gasteiger partial charge in [-0.2, -0.15) is 0 Å². The van der Waals surface area contributed by atoms with Gasteiger partial charge in [0.05, 0.1) is 6.10 Å². The van der Waals surface area contributed by atoms with Crippen molar-refractivity contribution in [2.45, 2.75) is 25.4 Å². The van der Waals surface area contributed by atoms with Crippen molar-refractivity contribution in [3.05, 3.63) is 0 Å². The number of carboxylic acids is 1. The molecule has 1 rings (SSSR count). The molecule has 1 aliphatic heterocycles. The van der Waals surface area contributed by atoms with E-state index in [1.165, 1.54) is 0 Å². The third-order valence-corrected chi connectivity index (χ3v) is 2.30. The normalized spacial score (nSPS) is 30.1. The standard InChI is InChI=1S/C8H15NO3/c10-7-3-4-9-5-6(7)1-2-8(11)12/h6-7,9-10H,1-5H2,(H,11,12). The summed E-state index contributed by atoms with van der Waals surface area (Å²) in [6.45, 7) is 1.58. The molecule has 0 saturated carbocycles. The van der Waals surface area contributed by atoms with Crippen molar-refractivity contribution in [1.29, 1.82) is 0 Å². The lowest BCUT2D eigenvalue weighted by molar-refractivity contribution is -0.137. The number of nitrogens with one attached hydrogen (secondary N) is 1. The first-order valence-corrected chi connectivity index (χ1v) is 4.30. The molecule has 4 nitrogen and oxygen atoms in total. The Morgan fingerprint density at radius 3 is 2.92 bits per heavy atom. The molecule has 0 aromatic rings. The number of aliphatic hydroxyl groups is 1. The number of carbonyl (C=O) groups is 1. The Hall–Kier alpha value is -0.610. The zero-order valence-corrected chi connectivity index (χ0v) is 6.99. The second-order valence-corrected chi connectivity index (χ2v) is 3.25. The van der Waals surface area contributed by atoms with Gasteiger partial charge in [0.25, 0.3) is 0 Å². The molecule has 0 spiro atoms. The second-order valence-electron chi connectivity index (χ2n) is 3.25. The molecule has 0 aromatic carbocycles. The van der Waals surface area contributed by atoms with Crippen LogP contribution in [0.15, 0.2) is 0 Å². The van der Waals surface area contributed by atoms with Crippen LogP contribution in [0.5, 0.6) is 0 Å². The summed E-state index contributed by atoms with van der Waals surface area (Å²) in [5.74, 6) is -0.664. The highest BCUT2D eigenvalue weighted by atomic mass is 16.4. The Balaban J connectivity index is 2.24. The van der Waals surface area contributed by atoms with Crippen LogP contribution in [0, 0.1) is 5.92 Å². The van der Waals surface area contributed by atoms with Gasteiger partial charge in [0.2, 0.25) is 0 Å². The highest BCUT2D eigenvalue weighted by Crippen LogP contribution is 2.16. The minimum atomic E-state index is -0.784. The highest BCUT2D eigenvalue weighted by molar-refractivity contribution is 5.66. The summed E-state index contributed by atoms with van der Waals surface area (Å²) in [6.07, 6.45) is 1.16. The number of piperidine rings is 1. The number of hydrogen-bond donors (Lipinski definition) is 3. The highest BCUT2D eigenvalue weighted by Gasteiger charge is 2.22. The predicted molar refractivity (Wildman–Crippen MR) is 43.9 cm³/mol. The van der Waals surface area contributed by atoms with Crippen LogP contribution in [-0.4, -0.2) is 35.4 Å². The topological polar surface area (TPSA) is 69.6 Å². The Kier molecular flexibility index (Phi) is 3.49. The van der Waals surface area contributed by atoms with Gasteiger partial charge in [0.1, 0.15) is 0 Å². The average Bonchev–Trinajstić information content (AvgIpc) is 2.03. The Morgan fingerprint density at radius 1 is 1.58 bits per heavy atom. The summed E-state index contributed by atoms with van der Waals surface area (Å²) < 4.78 is 0. The number of aliphatic hydroxyl groups excluding tert-OH is 1. The number of carboxylic acid groups (broad SMARTS) is 1. The van der Waals surface area contributed by atoms with Crippen molar-refractivity contribution in [2.24, 2.45) is 5.92 Å². The lowest BCUT2D eigenvalue weighted by Crippen LogP contribution is -2.39. The molecule has 12 heavy (non-hydrogen) atoms. The molecule has 0 aliphatic carbocycles. The van der Waals surface area contributed by atoms with E-state index < -0.39 is 5.97 Å². The summed E-state index contributed by atoms with van der Waals surface area (Å²) in [6, 6.07) is 0. The van der Waals surface area contributed by atoms with Crippen LogP contribution in [-0.2, 0) is 4.79 Å². The lowest BCUT2D eigenvalue weighted by atomic mass is 9.92. The number of hydrogen-bond acceptors (Lipinski definition) is 3. The van der Waals surface area contributed by atoms with Crippen LogP contribution in [0.1, 0.15) is 19.3 Å². The quantitative estimate of drug-likeness (QED) is 0.554. The average molecular weight is 173 g/mol. The van der Waals surface area contributed by atoms with Gasteiger partial charge >= 0.3 is 5.97 Å². The van der Waals surface area contributed by atoms with E-state index in [0.29, 0.717) is 6.42 Å². The molecule has 1 aliphatic rings. The monoisotopic (exact) mass is 173 g/mol. The van der Waals surface area contributed by atoms with E-state index in [1.807, 2.05) is 0 Å². The van der Waals surface area contributed by atoms with E-state index in [-0.39, 0.29) is 18.4 Å². The van der Waals surface area contributed by atoms with Crippen molar-refractivity contribution >= 4 is 5.97 Å². The zero-order chi connectivity index (χ0) is 8.97. The largest absolute Gasteiger partial charge is 0.481 e. The van der Waals surface area contributed by atoms with Gasteiger partial charge in [0, 0.05) is 13.0 Å². The van der Waals surface area contributed by atoms with Crippen LogP contribution in [0.3, 0.4) is 0 Å². The smallest absolute Gasteiger partial charge is 0.303 e. The molecule has 0 radical (unpaired) electrons. The number of rotatable bonds is 3. The fourth-order valence-corrected chi connectivity index (χ4v) is 1.51. The van der Waals surface area contributed by atoms with Gasteiger partial charge < -0.3 is 15.5 Å². The summed E-state index contributed by atoms with van der Waals surface area (Å²) >= 11 is 0. The third kappa shape index (κ3) is 2.79. The first kappa shape index (κ1) is 9.48. The second kappa shape index (κ2) is 4.42. The maximum atomic E-state index is 10.2. The van der Waals surface area contributed by atoms with E-state index in [0.717, 1.165) is 19.5 Å². The SMILES string of the molecule is O=C(O)CCC1CNCCC1O. The molecule has 0 aromatic heterocycles. The van der Waals surface area contributed by atoms with E-state index in [9.17, 15) is 9.90 Å². The van der Waals surface area contributed by atoms with Crippen molar-refractivity contribution in [1.82, 2.24) is 5.32 Å². The molecule has 1 heterocycles. The molecule has 2 unspecified atom stereocenters. The van der Waals surface area contributed by atoms with Gasteiger partial charge in [-0.25, -0.2) is 0 Å². The molecule has 3 N–H and O–H groups in total. The minimum Gasteiger partial charge on any atom is -0.481 e. The predicted octanol–water partition coefficient (Wildman–Crippen LogP) is -0.178. The Morgan fingerprint density at radius 2 is 2.33 bits per heavy atom. The molecule has 4 heteroatoms. The summed E-state index contributed by atoms with van der Waals surface area (Å²) in [5, 5.41) is 21.0. The molecule has 70 valence electrons. The van der Waals surface area contributed by atoms with Crippen molar-refractivity contribution in [2.75, 3.05) is 13.1 Å². The molecule has 0 bridgehead atoms. The molecule has 1 saturated heterocycles. The van der Waals surface area contributed by atoms with Crippen molar-refractivity contribution in [3.63, 3.8) is 0 Å². The summed E-state index contributed by atoms with van der Waals surface area (Å²) in [7, 11) is 0. The molecule has 1 fully saturated rings. The van der Waals surface area contributed by atoms with Crippen LogP contribution < -0.4 is 5.32 Å². The van der Waals surface area contributed by atoms with Gasteiger partial charge in [-0.15, -0.1) is 0 Å². The summed E-state index contributed by atoms with van der Waals surface area (Å²) in [5.41, 5.74) is 0. The molecule has 2 atom stereocenters. The van der Waals surface area contributed by atoms with Gasteiger partial charge in [-0.05, 0) is 25.3 Å². The van der Waals surface area contributed by atoms with Crippen LogP contribution >= 0.6 is 0 Å². The van der Waals surface area contributed by atoms with E-state index in [1.54, 1.807) is 0 Å². The van der Waals surface area contributed by atoms with E-state index in [4.69, 9.17) is 5.11 Å². The maximum absolute atomic E-state index is 10.2. The van der Waals surface area contributed by atoms with Crippen LogP contribution in [0.25, 0.3) is 0 Å². The fraction of sp³-hybridized carbons (Fsp3) is 0.875. The minimum absolute atomic E-state index is 0.120. The first-order valence-electron chi connectivity index (χ1n) is 4.30. The zero-order valence-electron chi connectivity index (χ0n) is 6.99. The maximum Gasteiger partial charge on any atom is 0.303 e. The lowest BCUT2D eigenvalue weighted by Gasteiger charge is -2.27. The third-order valence-electron chi connectivity index (χ3n) is 2.30. The summed E-state index contributed by atoms with van der Waals surface area (Å²) in [4.78, 5) is 10.2. The molecule has 0 amide bonds. The molecular formula is C8H15NO3. The van der Waals surface area contributed by atoms with Crippen molar-refractivity contribution < 1.29 is 15.0 Å². The Bertz CT molecular complexity index is 160. The van der Waals surface area contributed by atoms with Gasteiger partial charge in [-0.3, -0.25) is 4.79 Å². The van der Waals surface area contributed by atoms with Crippen LogP contribution in [0.2, 0.25) is 0 Å². The Labute approximate surface area is 71.6 Å². The van der Waals surface area contributed by atoms with Gasteiger partial charge in [-0.1, -0.05) is 0 Å². The fourth-order valence-electron chi connectivity index (χ4n) is 1.51. The molecular weight excluding hydrogens is 158 g/mol. The van der Waals surface area contributed by atoms with Crippen molar-refractivity contribution in [3.8, 4) is 0 Å². The van der Waals surface area contributed by atoms with Crippen LogP contribution in [0.4, 0.5) is 0 Å². The van der Waals surface area contributed by atoms with E-state index >= 15 is 0 Å². The first-order chi connectivity index (χ1) is 5.70.